The minimum atomic E-state index is -0.858. The summed E-state index contributed by atoms with van der Waals surface area (Å²) in [5, 5.41) is 5.94. The Hall–Kier alpha value is -4.44. The van der Waals surface area contributed by atoms with E-state index in [0.29, 0.717) is 41.8 Å². The topological polar surface area (TPSA) is 112 Å². The van der Waals surface area contributed by atoms with Gasteiger partial charge in [0.25, 0.3) is 5.91 Å². The average Bonchev–Trinajstić information content (AvgIpc) is 3.34. The van der Waals surface area contributed by atoms with E-state index in [-0.39, 0.29) is 18.2 Å². The van der Waals surface area contributed by atoms with Gasteiger partial charge in [-0.2, -0.15) is 4.99 Å². The molecule has 0 fully saturated rings. The smallest absolute Gasteiger partial charge is 0.271 e. The number of amidine groups is 2. The van der Waals surface area contributed by atoms with Crippen LogP contribution in [0.4, 0.5) is 5.69 Å². The van der Waals surface area contributed by atoms with E-state index >= 15 is 0 Å². The lowest BCUT2D eigenvalue weighted by atomic mass is 10.1. The first-order valence-electron chi connectivity index (χ1n) is 13.9. The number of ether oxygens (including phenoxy) is 1. The van der Waals surface area contributed by atoms with Gasteiger partial charge in [0.15, 0.2) is 5.17 Å². The average molecular weight is 584 g/mol. The lowest BCUT2D eigenvalue weighted by Crippen LogP contribution is -2.47. The molecule has 216 valence electrons. The van der Waals surface area contributed by atoms with Gasteiger partial charge in [-0.3, -0.25) is 19.3 Å². The number of aryl methyl sites for hydroxylation is 1. The Morgan fingerprint density at radius 3 is 2.31 bits per heavy atom. The summed E-state index contributed by atoms with van der Waals surface area (Å²) in [7, 11) is 1.60. The quantitative estimate of drug-likeness (QED) is 0.364. The molecule has 0 radical (unpaired) electrons. The van der Waals surface area contributed by atoms with E-state index in [1.54, 1.807) is 12.0 Å². The number of carbonyl (C=O) groups is 3. The number of benzene rings is 3. The molecule has 0 bridgehead atoms. The van der Waals surface area contributed by atoms with Crippen LogP contribution in [0.15, 0.2) is 82.8 Å². The molecule has 3 aromatic carbocycles. The molecule has 0 aliphatic carbocycles. The summed E-state index contributed by atoms with van der Waals surface area (Å²) in [6.45, 7) is 4.69. The molecule has 0 saturated carbocycles. The molecule has 9 nitrogen and oxygen atoms in total. The van der Waals surface area contributed by atoms with Gasteiger partial charge in [0.05, 0.1) is 24.5 Å². The molecule has 3 aromatic rings. The Kier molecular flexibility index (Phi) is 9.02. The zero-order chi connectivity index (χ0) is 29.6. The highest BCUT2D eigenvalue weighted by Gasteiger charge is 2.43. The van der Waals surface area contributed by atoms with Crippen molar-refractivity contribution in [1.82, 2.24) is 15.5 Å². The third kappa shape index (κ3) is 6.54. The van der Waals surface area contributed by atoms with Gasteiger partial charge >= 0.3 is 0 Å². The van der Waals surface area contributed by atoms with Crippen molar-refractivity contribution in [1.29, 1.82) is 0 Å². The van der Waals surface area contributed by atoms with Gasteiger partial charge in [-0.05, 0) is 48.7 Å². The van der Waals surface area contributed by atoms with Crippen LogP contribution in [0.3, 0.4) is 0 Å². The first kappa shape index (κ1) is 29.1. The number of carbonyl (C=O) groups excluding carboxylic acids is 3. The Balaban J connectivity index is 1.31. The van der Waals surface area contributed by atoms with Crippen molar-refractivity contribution in [3.05, 3.63) is 95.1 Å². The highest BCUT2D eigenvalue weighted by Crippen LogP contribution is 2.36. The maximum Gasteiger partial charge on any atom is 0.271 e. The second-order valence-corrected chi connectivity index (χ2v) is 11.3. The zero-order valence-corrected chi connectivity index (χ0v) is 24.6. The van der Waals surface area contributed by atoms with Crippen LogP contribution in [0.5, 0.6) is 5.75 Å². The summed E-state index contributed by atoms with van der Waals surface area (Å²) in [6, 6.07) is 22.0. The first-order valence-corrected chi connectivity index (χ1v) is 14.7. The highest BCUT2D eigenvalue weighted by atomic mass is 32.2. The summed E-state index contributed by atoms with van der Waals surface area (Å²) < 4.78 is 5.19. The van der Waals surface area contributed by atoms with Crippen molar-refractivity contribution in [3.63, 3.8) is 0 Å². The van der Waals surface area contributed by atoms with E-state index in [4.69, 9.17) is 9.73 Å². The number of hydrogen-bond donors (Lipinski definition) is 2. The van der Waals surface area contributed by atoms with Crippen molar-refractivity contribution >= 4 is 46.2 Å². The van der Waals surface area contributed by atoms with Crippen molar-refractivity contribution < 1.29 is 19.1 Å². The molecule has 2 aliphatic rings. The van der Waals surface area contributed by atoms with Gasteiger partial charge < -0.3 is 15.4 Å². The summed E-state index contributed by atoms with van der Waals surface area (Å²) in [5.74, 6) is 0.367. The molecule has 42 heavy (non-hydrogen) atoms. The molecular formula is C32H33N5O4S. The molecule has 0 aromatic heterocycles. The van der Waals surface area contributed by atoms with Crippen molar-refractivity contribution in [3.8, 4) is 5.75 Å². The zero-order valence-electron chi connectivity index (χ0n) is 23.8. The van der Waals surface area contributed by atoms with Crippen LogP contribution in [0.1, 0.15) is 42.0 Å². The number of nitrogens with one attached hydrogen (secondary N) is 2. The molecule has 5 rings (SSSR count). The summed E-state index contributed by atoms with van der Waals surface area (Å²) >= 11 is 1.29. The van der Waals surface area contributed by atoms with E-state index in [0.717, 1.165) is 22.4 Å². The third-order valence-electron chi connectivity index (χ3n) is 7.13. The fourth-order valence-corrected chi connectivity index (χ4v) is 5.82. The van der Waals surface area contributed by atoms with Gasteiger partial charge in [0.2, 0.25) is 11.8 Å². The van der Waals surface area contributed by atoms with E-state index in [1.807, 2.05) is 86.6 Å². The number of rotatable bonds is 10. The number of aliphatic imine (C=N–C) groups is 2. The molecule has 2 atom stereocenters. The van der Waals surface area contributed by atoms with Crippen LogP contribution in [-0.2, 0) is 27.5 Å². The molecule has 0 spiro atoms. The van der Waals surface area contributed by atoms with E-state index in [1.165, 1.54) is 11.8 Å². The van der Waals surface area contributed by atoms with Crippen LogP contribution in [-0.4, -0.2) is 52.0 Å². The van der Waals surface area contributed by atoms with Crippen molar-refractivity contribution in [2.24, 2.45) is 9.98 Å². The van der Waals surface area contributed by atoms with Gasteiger partial charge in [-0.25, -0.2) is 4.99 Å². The predicted molar refractivity (Wildman–Crippen MR) is 165 cm³/mol. The highest BCUT2D eigenvalue weighted by molar-refractivity contribution is 8.15. The predicted octanol–water partition coefficient (Wildman–Crippen LogP) is 4.50. The van der Waals surface area contributed by atoms with E-state index < -0.39 is 17.2 Å². The number of amides is 3. The fourth-order valence-electron chi connectivity index (χ4n) is 4.73. The molecule has 3 amide bonds. The lowest BCUT2D eigenvalue weighted by Gasteiger charge is -2.32. The minimum absolute atomic E-state index is 0.0971. The third-order valence-corrected chi connectivity index (χ3v) is 8.46. The molecule has 2 aliphatic heterocycles. The van der Waals surface area contributed by atoms with Crippen LogP contribution >= 0.6 is 11.8 Å². The first-order chi connectivity index (χ1) is 20.4. The molecule has 2 heterocycles. The minimum Gasteiger partial charge on any atom is -0.497 e. The fraction of sp³-hybridized carbons (Fsp3) is 0.281. The number of para-hydroxylation sites is 1. The van der Waals surface area contributed by atoms with Crippen molar-refractivity contribution in [2.45, 2.75) is 51.1 Å². The maximum absolute atomic E-state index is 13.2. The Morgan fingerprint density at radius 1 is 0.952 bits per heavy atom. The van der Waals surface area contributed by atoms with Crippen LogP contribution < -0.4 is 15.4 Å². The molecular weight excluding hydrogens is 550 g/mol. The number of methoxy groups -OCH3 is 1. The van der Waals surface area contributed by atoms with Crippen molar-refractivity contribution in [2.75, 3.05) is 7.11 Å². The van der Waals surface area contributed by atoms with Gasteiger partial charge in [0, 0.05) is 18.7 Å². The number of nitrogens with zero attached hydrogens (tertiary/aromatic N) is 3. The molecule has 2 unspecified atom stereocenters. The SMILES string of the molecule is CCC(SC1=Nc2ccccc2C2=NC(=O)C(CC(=O)NCc3ccc(OC)cc3)N12)C(=O)NCc1ccc(C)cc1. The largest absolute Gasteiger partial charge is 0.497 e. The van der Waals surface area contributed by atoms with Gasteiger partial charge in [0.1, 0.15) is 17.6 Å². The lowest BCUT2D eigenvalue weighted by molar-refractivity contribution is -0.126. The molecule has 0 saturated heterocycles. The van der Waals surface area contributed by atoms with E-state index in [2.05, 4.69) is 15.6 Å². The molecule has 10 heteroatoms. The standard InChI is InChI=1S/C32H33N5O4S/c1-4-27(31(40)34-19-21-11-9-20(2)10-12-21)42-32-35-25-8-6-5-7-24(25)29-36-30(39)26(37(29)32)17-28(38)33-18-22-13-15-23(41-3)16-14-22/h5-16,26-27H,4,17-19H2,1-3H3,(H,33,38)(H,34,40). The molecule has 2 N–H and O–H groups in total. The summed E-state index contributed by atoms with van der Waals surface area (Å²) in [6.07, 6.45) is 0.451. The summed E-state index contributed by atoms with van der Waals surface area (Å²) in [5.41, 5.74) is 4.46. The van der Waals surface area contributed by atoms with Crippen LogP contribution in [0.25, 0.3) is 0 Å². The Morgan fingerprint density at radius 2 is 1.62 bits per heavy atom. The number of thioether (sulfide) groups is 1. The number of fused-ring (bicyclic) bond motifs is 3. The second-order valence-electron chi connectivity index (χ2n) is 10.1. The second kappa shape index (κ2) is 13.0. The van der Waals surface area contributed by atoms with E-state index in [9.17, 15) is 14.4 Å². The van der Waals surface area contributed by atoms with Crippen LogP contribution in [0, 0.1) is 6.92 Å². The summed E-state index contributed by atoms with van der Waals surface area (Å²) in [4.78, 5) is 50.3. The Labute approximate surface area is 249 Å². The van der Waals surface area contributed by atoms with Crippen LogP contribution in [0.2, 0.25) is 0 Å². The van der Waals surface area contributed by atoms with Gasteiger partial charge in [-0.1, -0.05) is 72.8 Å². The normalized spacial score (nSPS) is 16.1. The number of hydrogen-bond acceptors (Lipinski definition) is 7. The maximum atomic E-state index is 13.2. The van der Waals surface area contributed by atoms with Gasteiger partial charge in [-0.15, -0.1) is 0 Å². The Bertz CT molecular complexity index is 1540. The monoisotopic (exact) mass is 583 g/mol.